The van der Waals surface area contributed by atoms with E-state index in [1.807, 2.05) is 12.1 Å². The van der Waals surface area contributed by atoms with E-state index >= 15 is 0 Å². The summed E-state index contributed by atoms with van der Waals surface area (Å²) >= 11 is 6.07. The van der Waals surface area contributed by atoms with Gasteiger partial charge in [0.15, 0.2) is 0 Å². The van der Waals surface area contributed by atoms with Crippen LogP contribution in [0.25, 0.3) is 0 Å². The Bertz CT molecular complexity index is 374. The molecular formula is C13H18ClNO. The molecule has 0 saturated heterocycles. The van der Waals surface area contributed by atoms with Crippen LogP contribution in [0, 0.1) is 0 Å². The van der Waals surface area contributed by atoms with E-state index in [4.69, 9.17) is 16.3 Å². The Morgan fingerprint density at radius 1 is 1.44 bits per heavy atom. The molecule has 88 valence electrons. The highest BCUT2D eigenvalue weighted by Crippen LogP contribution is 2.31. The topological polar surface area (TPSA) is 21.3 Å². The molecule has 1 aromatic carbocycles. The molecule has 0 radical (unpaired) electrons. The van der Waals surface area contributed by atoms with Gasteiger partial charge in [-0.3, -0.25) is 0 Å². The van der Waals surface area contributed by atoms with Gasteiger partial charge < -0.3 is 10.1 Å². The molecular weight excluding hydrogens is 222 g/mol. The van der Waals surface area contributed by atoms with Crippen molar-refractivity contribution in [2.24, 2.45) is 0 Å². The van der Waals surface area contributed by atoms with Gasteiger partial charge in [-0.2, -0.15) is 0 Å². The molecule has 1 aliphatic carbocycles. The minimum absolute atomic E-state index is 0.340. The Labute approximate surface area is 102 Å². The van der Waals surface area contributed by atoms with E-state index in [2.05, 4.69) is 18.3 Å². The quantitative estimate of drug-likeness (QED) is 0.870. The van der Waals surface area contributed by atoms with E-state index < -0.39 is 0 Å². The molecule has 16 heavy (non-hydrogen) atoms. The van der Waals surface area contributed by atoms with Crippen molar-refractivity contribution in [3.8, 4) is 5.75 Å². The summed E-state index contributed by atoms with van der Waals surface area (Å²) in [4.78, 5) is 0. The highest BCUT2D eigenvalue weighted by molar-refractivity contribution is 6.32. The molecule has 0 aromatic heterocycles. The molecule has 0 unspecified atom stereocenters. The van der Waals surface area contributed by atoms with Crippen LogP contribution in [0.15, 0.2) is 18.2 Å². The number of hydrogen-bond acceptors (Lipinski definition) is 2. The number of ether oxygens (including phenoxy) is 1. The third-order valence-electron chi connectivity index (χ3n) is 3.39. The van der Waals surface area contributed by atoms with Crippen LogP contribution < -0.4 is 10.1 Å². The molecule has 0 amide bonds. The van der Waals surface area contributed by atoms with Crippen molar-refractivity contribution in [3.05, 3.63) is 28.8 Å². The molecule has 0 aliphatic heterocycles. The molecule has 1 aromatic rings. The lowest BCUT2D eigenvalue weighted by molar-refractivity contribution is 0.207. The lowest BCUT2D eigenvalue weighted by Gasteiger charge is -2.39. The van der Waals surface area contributed by atoms with Crippen molar-refractivity contribution >= 4 is 11.6 Å². The summed E-state index contributed by atoms with van der Waals surface area (Å²) in [5.41, 5.74) is 1.55. The van der Waals surface area contributed by atoms with E-state index in [1.165, 1.54) is 24.8 Å². The predicted octanol–water partition coefficient (Wildman–Crippen LogP) is 3.38. The highest BCUT2D eigenvalue weighted by atomic mass is 35.5. The van der Waals surface area contributed by atoms with Crippen LogP contribution in [-0.2, 0) is 6.54 Å². The molecule has 1 N–H and O–H groups in total. The average Bonchev–Trinajstić information content (AvgIpc) is 2.24. The zero-order valence-corrected chi connectivity index (χ0v) is 10.6. The molecule has 0 spiro atoms. The minimum Gasteiger partial charge on any atom is -0.495 e. The molecule has 2 rings (SSSR count). The third-order valence-corrected chi connectivity index (χ3v) is 3.69. The van der Waals surface area contributed by atoms with Crippen LogP contribution in [0.2, 0.25) is 5.02 Å². The second-order valence-electron chi connectivity index (χ2n) is 4.74. The van der Waals surface area contributed by atoms with Crippen molar-refractivity contribution in [1.82, 2.24) is 5.32 Å². The van der Waals surface area contributed by atoms with Gasteiger partial charge in [-0.15, -0.1) is 0 Å². The fourth-order valence-corrected chi connectivity index (χ4v) is 2.30. The Kier molecular flexibility index (Phi) is 3.41. The largest absolute Gasteiger partial charge is 0.495 e. The second-order valence-corrected chi connectivity index (χ2v) is 5.14. The summed E-state index contributed by atoms with van der Waals surface area (Å²) in [5.74, 6) is 0.736. The first-order valence-corrected chi connectivity index (χ1v) is 6.08. The summed E-state index contributed by atoms with van der Waals surface area (Å²) < 4.78 is 5.13. The van der Waals surface area contributed by atoms with Crippen LogP contribution in [0.5, 0.6) is 5.75 Å². The van der Waals surface area contributed by atoms with Crippen molar-refractivity contribution in [3.63, 3.8) is 0 Å². The number of nitrogens with one attached hydrogen (secondary N) is 1. The summed E-state index contributed by atoms with van der Waals surface area (Å²) in [6, 6.07) is 5.94. The first kappa shape index (κ1) is 11.7. The summed E-state index contributed by atoms with van der Waals surface area (Å²) in [5, 5.41) is 4.26. The normalized spacial score (nSPS) is 17.9. The fourth-order valence-electron chi connectivity index (χ4n) is 2.02. The molecule has 3 heteroatoms. The zero-order valence-electron chi connectivity index (χ0n) is 9.85. The summed E-state index contributed by atoms with van der Waals surface area (Å²) in [6.07, 6.45) is 3.89. The van der Waals surface area contributed by atoms with Gasteiger partial charge in [-0.25, -0.2) is 0 Å². The molecule has 1 saturated carbocycles. The van der Waals surface area contributed by atoms with Gasteiger partial charge >= 0.3 is 0 Å². The van der Waals surface area contributed by atoms with Crippen LogP contribution in [0.1, 0.15) is 31.7 Å². The average molecular weight is 240 g/mol. The fraction of sp³-hybridized carbons (Fsp3) is 0.538. The molecule has 0 atom stereocenters. The van der Waals surface area contributed by atoms with Gasteiger partial charge in [0.2, 0.25) is 0 Å². The SMILES string of the molecule is COc1ccc(CNC2(C)CCC2)cc1Cl. The zero-order chi connectivity index (χ0) is 11.6. The Balaban J connectivity index is 1.97. The van der Waals surface area contributed by atoms with Gasteiger partial charge in [0, 0.05) is 12.1 Å². The Morgan fingerprint density at radius 2 is 2.19 bits per heavy atom. The predicted molar refractivity (Wildman–Crippen MR) is 67.1 cm³/mol. The molecule has 2 nitrogen and oxygen atoms in total. The van der Waals surface area contributed by atoms with Crippen molar-refractivity contribution in [2.45, 2.75) is 38.3 Å². The van der Waals surface area contributed by atoms with Gasteiger partial charge in [0.1, 0.15) is 5.75 Å². The van der Waals surface area contributed by atoms with Crippen molar-refractivity contribution in [1.29, 1.82) is 0 Å². The van der Waals surface area contributed by atoms with Crippen LogP contribution in [0.3, 0.4) is 0 Å². The van der Waals surface area contributed by atoms with E-state index in [0.29, 0.717) is 10.6 Å². The number of benzene rings is 1. The number of halogens is 1. The van der Waals surface area contributed by atoms with E-state index in [9.17, 15) is 0 Å². The van der Waals surface area contributed by atoms with Crippen molar-refractivity contribution in [2.75, 3.05) is 7.11 Å². The molecule has 0 bridgehead atoms. The Morgan fingerprint density at radius 3 is 2.69 bits per heavy atom. The molecule has 0 heterocycles. The minimum atomic E-state index is 0.340. The first-order chi connectivity index (χ1) is 7.63. The van der Waals surface area contributed by atoms with E-state index in [1.54, 1.807) is 7.11 Å². The lowest BCUT2D eigenvalue weighted by Crippen LogP contribution is -2.47. The third kappa shape index (κ3) is 2.50. The van der Waals surface area contributed by atoms with E-state index in [-0.39, 0.29) is 0 Å². The number of hydrogen-bond donors (Lipinski definition) is 1. The maximum atomic E-state index is 6.07. The standard InChI is InChI=1S/C13H18ClNO/c1-13(6-3-7-13)15-9-10-4-5-12(16-2)11(14)8-10/h4-5,8,15H,3,6-7,9H2,1-2H3. The summed E-state index contributed by atoms with van der Waals surface area (Å²) in [7, 11) is 1.63. The van der Waals surface area contributed by atoms with Crippen LogP contribution in [-0.4, -0.2) is 12.6 Å². The summed E-state index contributed by atoms with van der Waals surface area (Å²) in [6.45, 7) is 3.15. The van der Waals surface area contributed by atoms with Gasteiger partial charge in [0.25, 0.3) is 0 Å². The van der Waals surface area contributed by atoms with Crippen LogP contribution >= 0.6 is 11.6 Å². The van der Waals surface area contributed by atoms with E-state index in [0.717, 1.165) is 12.3 Å². The van der Waals surface area contributed by atoms with Crippen molar-refractivity contribution < 1.29 is 4.74 Å². The smallest absolute Gasteiger partial charge is 0.137 e. The molecule has 1 fully saturated rings. The van der Waals surface area contributed by atoms with Crippen LogP contribution in [0.4, 0.5) is 0 Å². The first-order valence-electron chi connectivity index (χ1n) is 5.70. The maximum absolute atomic E-state index is 6.07. The maximum Gasteiger partial charge on any atom is 0.137 e. The van der Waals surface area contributed by atoms with Gasteiger partial charge in [-0.1, -0.05) is 17.7 Å². The van der Waals surface area contributed by atoms with Gasteiger partial charge in [0.05, 0.1) is 12.1 Å². The molecule has 1 aliphatic rings. The lowest BCUT2D eigenvalue weighted by atomic mass is 9.78. The number of methoxy groups -OCH3 is 1. The van der Waals surface area contributed by atoms with Gasteiger partial charge in [-0.05, 0) is 43.9 Å². The highest BCUT2D eigenvalue weighted by Gasteiger charge is 2.30. The Hall–Kier alpha value is -0.730. The number of rotatable bonds is 4. The second kappa shape index (κ2) is 4.64. The monoisotopic (exact) mass is 239 g/mol.